The predicted molar refractivity (Wildman–Crippen MR) is 80.6 cm³/mol. The fourth-order valence-corrected chi connectivity index (χ4v) is 2.33. The van der Waals surface area contributed by atoms with Crippen LogP contribution in [-0.2, 0) is 0 Å². The molecular weight excluding hydrogens is 248 g/mol. The van der Waals surface area contributed by atoms with Gasteiger partial charge < -0.3 is 10.2 Å². The molecule has 0 radical (unpaired) electrons. The molecule has 98 valence electrons. The summed E-state index contributed by atoms with van der Waals surface area (Å²) in [5.41, 5.74) is 3.67. The first kappa shape index (κ1) is 12.3. The van der Waals surface area contributed by atoms with E-state index in [4.69, 9.17) is 0 Å². The maximum atomic E-state index is 10.2. The Balaban J connectivity index is 2.22. The van der Waals surface area contributed by atoms with Crippen molar-refractivity contribution in [1.29, 1.82) is 0 Å². The molecule has 0 aliphatic heterocycles. The molecule has 3 rings (SSSR count). The molecule has 0 amide bonds. The summed E-state index contributed by atoms with van der Waals surface area (Å²) in [7, 11) is 0. The van der Waals surface area contributed by atoms with Crippen molar-refractivity contribution >= 4 is 0 Å². The molecule has 0 saturated carbocycles. The predicted octanol–water partition coefficient (Wildman–Crippen LogP) is 4.43. The van der Waals surface area contributed by atoms with Gasteiger partial charge in [0.05, 0.1) is 0 Å². The van der Waals surface area contributed by atoms with Gasteiger partial charge in [-0.15, -0.1) is 0 Å². The number of rotatable bonds is 2. The van der Waals surface area contributed by atoms with Crippen LogP contribution in [0.25, 0.3) is 22.3 Å². The number of hydrogen-bond acceptors (Lipinski definition) is 2. The van der Waals surface area contributed by atoms with Gasteiger partial charge in [-0.3, -0.25) is 0 Å². The third kappa shape index (κ3) is 2.24. The second-order valence-electron chi connectivity index (χ2n) is 4.61. The molecule has 2 heteroatoms. The second-order valence-corrected chi connectivity index (χ2v) is 4.61. The molecule has 0 aromatic heterocycles. The van der Waals surface area contributed by atoms with Gasteiger partial charge in [-0.25, -0.2) is 0 Å². The third-order valence-electron chi connectivity index (χ3n) is 3.28. The normalized spacial score (nSPS) is 10.4. The van der Waals surface area contributed by atoms with Gasteiger partial charge in [0.15, 0.2) is 0 Å². The average Bonchev–Trinajstić information content (AvgIpc) is 2.49. The minimum absolute atomic E-state index is 0.232. The lowest BCUT2D eigenvalue weighted by Crippen LogP contribution is -1.85. The van der Waals surface area contributed by atoms with Crippen LogP contribution in [0.2, 0.25) is 0 Å². The van der Waals surface area contributed by atoms with Crippen molar-refractivity contribution in [2.75, 3.05) is 0 Å². The standard InChI is InChI=1S/C18H14O2/c19-15-11-9-13(10-12-15)16-7-4-8-17(20)18(16)14-5-2-1-3-6-14/h1-12,19-20H. The van der Waals surface area contributed by atoms with Crippen LogP contribution in [0, 0.1) is 0 Å². The van der Waals surface area contributed by atoms with Crippen LogP contribution < -0.4 is 0 Å². The Bertz CT molecular complexity index is 716. The van der Waals surface area contributed by atoms with Gasteiger partial charge in [-0.2, -0.15) is 0 Å². The highest BCUT2D eigenvalue weighted by Crippen LogP contribution is 2.38. The Kier molecular flexibility index (Phi) is 3.13. The first-order valence-electron chi connectivity index (χ1n) is 6.42. The van der Waals surface area contributed by atoms with Crippen LogP contribution in [0.1, 0.15) is 0 Å². The summed E-state index contributed by atoms with van der Waals surface area (Å²) >= 11 is 0. The van der Waals surface area contributed by atoms with E-state index in [1.807, 2.05) is 54.6 Å². The SMILES string of the molecule is Oc1ccc(-c2cccc(O)c2-c2ccccc2)cc1. The van der Waals surface area contributed by atoms with Gasteiger partial charge in [-0.05, 0) is 34.9 Å². The van der Waals surface area contributed by atoms with Crippen molar-refractivity contribution in [3.05, 3.63) is 72.8 Å². The maximum absolute atomic E-state index is 10.2. The molecule has 0 bridgehead atoms. The lowest BCUT2D eigenvalue weighted by molar-refractivity contribution is 0.475. The summed E-state index contributed by atoms with van der Waals surface area (Å²) in [6, 6.07) is 22.2. The molecule has 0 spiro atoms. The monoisotopic (exact) mass is 262 g/mol. The van der Waals surface area contributed by atoms with Crippen LogP contribution in [0.5, 0.6) is 11.5 Å². The van der Waals surface area contributed by atoms with Gasteiger partial charge in [-0.1, -0.05) is 54.6 Å². The summed E-state index contributed by atoms with van der Waals surface area (Å²) in [5.74, 6) is 0.483. The van der Waals surface area contributed by atoms with Crippen LogP contribution in [-0.4, -0.2) is 10.2 Å². The van der Waals surface area contributed by atoms with E-state index < -0.39 is 0 Å². The Morgan fingerprint density at radius 1 is 0.550 bits per heavy atom. The number of hydrogen-bond donors (Lipinski definition) is 2. The molecule has 0 aliphatic rings. The zero-order chi connectivity index (χ0) is 13.9. The highest BCUT2D eigenvalue weighted by molar-refractivity contribution is 5.87. The van der Waals surface area contributed by atoms with Gasteiger partial charge in [0.2, 0.25) is 0 Å². The van der Waals surface area contributed by atoms with Crippen molar-refractivity contribution in [3.63, 3.8) is 0 Å². The largest absolute Gasteiger partial charge is 0.508 e. The number of aromatic hydroxyl groups is 2. The molecule has 3 aromatic rings. The van der Waals surface area contributed by atoms with Crippen molar-refractivity contribution in [2.45, 2.75) is 0 Å². The van der Waals surface area contributed by atoms with Crippen LogP contribution in [0.3, 0.4) is 0 Å². The third-order valence-corrected chi connectivity index (χ3v) is 3.28. The number of phenolic OH excluding ortho intramolecular Hbond substituents is 2. The molecule has 0 saturated heterocycles. The Labute approximate surface area is 117 Å². The number of phenols is 2. The molecule has 0 atom stereocenters. The fraction of sp³-hybridized carbons (Fsp3) is 0. The van der Waals surface area contributed by atoms with Gasteiger partial charge >= 0.3 is 0 Å². The minimum Gasteiger partial charge on any atom is -0.508 e. The molecule has 2 N–H and O–H groups in total. The lowest BCUT2D eigenvalue weighted by atomic mass is 9.94. The van der Waals surface area contributed by atoms with Gasteiger partial charge in [0.25, 0.3) is 0 Å². The summed E-state index contributed by atoms with van der Waals surface area (Å²) in [4.78, 5) is 0. The van der Waals surface area contributed by atoms with E-state index in [2.05, 4.69) is 0 Å². The summed E-state index contributed by atoms with van der Waals surface area (Å²) in [6.45, 7) is 0. The highest BCUT2D eigenvalue weighted by Gasteiger charge is 2.11. The van der Waals surface area contributed by atoms with Gasteiger partial charge in [0, 0.05) is 5.56 Å². The molecule has 20 heavy (non-hydrogen) atoms. The van der Waals surface area contributed by atoms with Crippen molar-refractivity contribution in [2.24, 2.45) is 0 Å². The van der Waals surface area contributed by atoms with Gasteiger partial charge in [0.1, 0.15) is 11.5 Å². The van der Waals surface area contributed by atoms with E-state index in [9.17, 15) is 10.2 Å². The molecule has 0 unspecified atom stereocenters. The summed E-state index contributed by atoms with van der Waals surface area (Å²) in [6.07, 6.45) is 0. The maximum Gasteiger partial charge on any atom is 0.124 e. The van der Waals surface area contributed by atoms with E-state index in [0.717, 1.165) is 22.3 Å². The summed E-state index contributed by atoms with van der Waals surface area (Å²) < 4.78 is 0. The quantitative estimate of drug-likeness (QED) is 0.717. The Morgan fingerprint density at radius 3 is 1.95 bits per heavy atom. The molecule has 0 fully saturated rings. The average molecular weight is 262 g/mol. The molecule has 2 nitrogen and oxygen atoms in total. The smallest absolute Gasteiger partial charge is 0.124 e. The molecular formula is C18H14O2. The molecule has 0 heterocycles. The van der Waals surface area contributed by atoms with Crippen molar-refractivity contribution in [1.82, 2.24) is 0 Å². The first-order chi connectivity index (χ1) is 9.75. The van der Waals surface area contributed by atoms with E-state index in [1.54, 1.807) is 18.2 Å². The lowest BCUT2D eigenvalue weighted by Gasteiger charge is -2.12. The Morgan fingerprint density at radius 2 is 1.25 bits per heavy atom. The number of benzene rings is 3. The van der Waals surface area contributed by atoms with E-state index in [1.165, 1.54) is 0 Å². The van der Waals surface area contributed by atoms with E-state index in [0.29, 0.717) is 0 Å². The highest BCUT2D eigenvalue weighted by atomic mass is 16.3. The zero-order valence-corrected chi connectivity index (χ0v) is 10.8. The Hall–Kier alpha value is -2.74. The van der Waals surface area contributed by atoms with Crippen LogP contribution >= 0.6 is 0 Å². The van der Waals surface area contributed by atoms with Crippen LogP contribution in [0.4, 0.5) is 0 Å². The fourth-order valence-electron chi connectivity index (χ4n) is 2.33. The van der Waals surface area contributed by atoms with E-state index in [-0.39, 0.29) is 11.5 Å². The van der Waals surface area contributed by atoms with Crippen LogP contribution in [0.15, 0.2) is 72.8 Å². The van der Waals surface area contributed by atoms with E-state index >= 15 is 0 Å². The minimum atomic E-state index is 0.232. The molecule has 3 aromatic carbocycles. The van der Waals surface area contributed by atoms with Crippen molar-refractivity contribution in [3.8, 4) is 33.8 Å². The summed E-state index contributed by atoms with van der Waals surface area (Å²) in [5, 5.41) is 19.6. The van der Waals surface area contributed by atoms with Crippen molar-refractivity contribution < 1.29 is 10.2 Å². The zero-order valence-electron chi connectivity index (χ0n) is 10.8. The first-order valence-corrected chi connectivity index (χ1v) is 6.42. The topological polar surface area (TPSA) is 40.5 Å². The second kappa shape index (κ2) is 5.10. The molecule has 0 aliphatic carbocycles.